The average molecular weight is 710 g/mol. The van der Waals surface area contributed by atoms with E-state index in [9.17, 15) is 9.36 Å². The lowest BCUT2D eigenvalue weighted by molar-refractivity contribution is -0.0588. The molecule has 2 fully saturated rings. The molecule has 1 aromatic carbocycles. The summed E-state index contributed by atoms with van der Waals surface area (Å²) >= 11 is 0. The monoisotopic (exact) mass is 709 g/mol. The van der Waals surface area contributed by atoms with Crippen LogP contribution in [0.25, 0.3) is 22.3 Å². The molecule has 50 heavy (non-hydrogen) atoms. The number of nitrogen functional groups attached to an aromatic ring is 2. The zero-order chi connectivity index (χ0) is 35.0. The Morgan fingerprint density at radius 1 is 0.860 bits per heavy atom. The average Bonchev–Trinajstić information content (AvgIpc) is 3.90. The third-order valence-electron chi connectivity index (χ3n) is 8.62. The number of rotatable bonds is 12. The van der Waals surface area contributed by atoms with Crippen molar-refractivity contribution in [2.24, 2.45) is 0 Å². The lowest BCUT2D eigenvalue weighted by atomic mass is 10.1. The Kier molecular flexibility index (Phi) is 9.44. The molecule has 4 aromatic heterocycles. The zero-order valence-corrected chi connectivity index (χ0v) is 28.3. The quantitative estimate of drug-likeness (QED) is 0.157. The molecule has 7 atom stereocenters. The zero-order valence-electron chi connectivity index (χ0n) is 27.4. The van der Waals surface area contributed by atoms with E-state index >= 15 is 0 Å². The van der Waals surface area contributed by atoms with E-state index in [-0.39, 0.29) is 36.8 Å². The topological polar surface area (TPSA) is 241 Å². The van der Waals surface area contributed by atoms with Crippen LogP contribution >= 0.6 is 7.75 Å². The summed E-state index contributed by atoms with van der Waals surface area (Å²) in [6.45, 7) is 1.71. The van der Waals surface area contributed by atoms with Crippen LogP contribution in [0.3, 0.4) is 0 Å². The minimum absolute atomic E-state index is 0.0862. The molecule has 264 valence electrons. The molecule has 0 radical (unpaired) electrons. The van der Waals surface area contributed by atoms with E-state index in [0.717, 1.165) is 5.56 Å². The highest BCUT2D eigenvalue weighted by molar-refractivity contribution is 7.52. The molecule has 1 amide bonds. The number of aromatic nitrogens is 8. The molecule has 3 unspecified atom stereocenters. The lowest BCUT2D eigenvalue weighted by Crippen LogP contribution is -2.34. The van der Waals surface area contributed by atoms with Gasteiger partial charge in [-0.3, -0.25) is 28.1 Å². The molecule has 0 saturated carbocycles. The smallest absolute Gasteiger partial charge is 0.382 e. The number of hydrogen-bond donors (Lipinski definition) is 3. The van der Waals surface area contributed by atoms with Gasteiger partial charge in [0.05, 0.1) is 32.0 Å². The fraction of sp³-hybridized carbons (Fsp3) is 0.433. The molecule has 2 saturated heterocycles. The second-order valence-electron chi connectivity index (χ2n) is 11.9. The van der Waals surface area contributed by atoms with Crippen molar-refractivity contribution in [3.63, 3.8) is 0 Å². The van der Waals surface area contributed by atoms with E-state index in [1.54, 1.807) is 39.7 Å². The van der Waals surface area contributed by atoms with Crippen LogP contribution in [0.1, 0.15) is 41.2 Å². The predicted octanol–water partition coefficient (Wildman–Crippen LogP) is 2.32. The molecule has 2 aliphatic rings. The molecule has 6 heterocycles. The molecule has 7 rings (SSSR count). The summed E-state index contributed by atoms with van der Waals surface area (Å²) < 4.78 is 53.9. The van der Waals surface area contributed by atoms with E-state index in [1.807, 2.05) is 6.92 Å². The number of aryl methyl sites for hydroxylation is 1. The maximum absolute atomic E-state index is 14.6. The summed E-state index contributed by atoms with van der Waals surface area (Å²) in [6, 6.07) is 6.77. The van der Waals surface area contributed by atoms with Gasteiger partial charge in [-0.2, -0.15) is 0 Å². The van der Waals surface area contributed by atoms with Crippen LogP contribution in [0.4, 0.5) is 11.6 Å². The van der Waals surface area contributed by atoms with E-state index in [1.165, 1.54) is 33.2 Å². The number of amides is 1. The fourth-order valence-corrected chi connectivity index (χ4v) is 7.54. The Morgan fingerprint density at radius 2 is 1.42 bits per heavy atom. The molecular weight excluding hydrogens is 673 g/mol. The maximum Gasteiger partial charge on any atom is 0.435 e. The van der Waals surface area contributed by atoms with Crippen molar-refractivity contribution in [3.8, 4) is 0 Å². The fourth-order valence-electron chi connectivity index (χ4n) is 6.06. The highest BCUT2D eigenvalue weighted by Crippen LogP contribution is 2.50. The predicted molar refractivity (Wildman–Crippen MR) is 176 cm³/mol. The van der Waals surface area contributed by atoms with E-state index in [2.05, 4.69) is 35.0 Å². The van der Waals surface area contributed by atoms with Gasteiger partial charge in [-0.05, 0) is 19.1 Å². The number of anilines is 2. The molecule has 20 heteroatoms. The molecule has 2 aliphatic heterocycles. The second-order valence-corrected chi connectivity index (χ2v) is 13.6. The summed E-state index contributed by atoms with van der Waals surface area (Å²) in [5.41, 5.74) is 14.9. The number of imidazole rings is 2. The highest BCUT2D eigenvalue weighted by atomic mass is 31.2. The number of ether oxygens (including phenoxy) is 4. The molecule has 0 aliphatic carbocycles. The first kappa shape index (κ1) is 33.9. The summed E-state index contributed by atoms with van der Waals surface area (Å²) in [5.74, 6) is -0.203. The Morgan fingerprint density at radius 3 is 1.98 bits per heavy atom. The maximum atomic E-state index is 14.6. The van der Waals surface area contributed by atoms with Crippen LogP contribution in [-0.4, -0.2) is 96.8 Å². The van der Waals surface area contributed by atoms with Gasteiger partial charge in [-0.1, -0.05) is 17.7 Å². The second kappa shape index (κ2) is 13.9. The van der Waals surface area contributed by atoms with Gasteiger partial charge < -0.3 is 30.4 Å². The molecule has 5 N–H and O–H groups in total. The van der Waals surface area contributed by atoms with Crippen molar-refractivity contribution in [2.45, 2.75) is 56.6 Å². The SMILES string of the molecule is COCC1O[C@@H](n2cnc3c(N)ncnc32)C[C@H]1OP(=O)(NC(=O)c1ccc(C)cc1)OCC1O[C@@H](n2cnc3c(N)ncnc32)C[C@H]1OC. The van der Waals surface area contributed by atoms with E-state index in [0.29, 0.717) is 28.7 Å². The van der Waals surface area contributed by atoms with E-state index < -0.39 is 50.5 Å². The standard InChI is InChI=1S/C30H36N11O8P/c1-16-4-6-17(7-5-16)30(42)39-50(43,46-11-21-18(45-3)8-22(48-21)40-14-37-24-26(31)33-12-35-28(24)40)49-19-9-23(47-20(19)10-44-2)41-15-38-25-27(32)34-13-36-29(25)41/h4-7,12-15,18-23H,8-11H2,1-3H3,(H2,31,33,35)(H2,32,34,36)(H,39,42,43)/t18-,19-,20?,21?,22-,23-,50?/m1/s1. The van der Waals surface area contributed by atoms with Gasteiger partial charge in [0.15, 0.2) is 22.9 Å². The first-order chi connectivity index (χ1) is 24.2. The minimum atomic E-state index is -4.43. The van der Waals surface area contributed by atoms with Crippen molar-refractivity contribution < 1.29 is 37.4 Å². The lowest BCUT2D eigenvalue weighted by Gasteiger charge is -2.26. The van der Waals surface area contributed by atoms with Crippen LogP contribution in [0.5, 0.6) is 0 Å². The number of benzene rings is 1. The molecule has 19 nitrogen and oxygen atoms in total. The number of carbonyl (C=O) groups is 1. The highest BCUT2D eigenvalue weighted by Gasteiger charge is 2.45. The van der Waals surface area contributed by atoms with Crippen LogP contribution in [-0.2, 0) is 32.6 Å². The van der Waals surface area contributed by atoms with Crippen molar-refractivity contribution >= 4 is 47.6 Å². The van der Waals surface area contributed by atoms with Crippen LogP contribution in [0.15, 0.2) is 49.6 Å². The normalized spacial score (nSPS) is 24.9. The summed E-state index contributed by atoms with van der Waals surface area (Å²) in [4.78, 5) is 38.7. The van der Waals surface area contributed by atoms with Crippen molar-refractivity contribution in [3.05, 3.63) is 60.7 Å². The van der Waals surface area contributed by atoms with Crippen molar-refractivity contribution in [1.82, 2.24) is 44.1 Å². The molecule has 0 spiro atoms. The number of nitrogens with one attached hydrogen (secondary N) is 1. The van der Waals surface area contributed by atoms with Crippen molar-refractivity contribution in [2.75, 3.05) is 38.9 Å². The number of nitrogens with two attached hydrogens (primary N) is 2. The molecule has 0 bridgehead atoms. The van der Waals surface area contributed by atoms with Crippen LogP contribution in [0, 0.1) is 6.92 Å². The first-order valence-electron chi connectivity index (χ1n) is 15.7. The van der Waals surface area contributed by atoms with Gasteiger partial charge in [0, 0.05) is 32.6 Å². The van der Waals surface area contributed by atoms with Crippen molar-refractivity contribution in [1.29, 1.82) is 0 Å². The van der Waals surface area contributed by atoms with Gasteiger partial charge in [-0.25, -0.2) is 34.5 Å². The number of fused-ring (bicyclic) bond motifs is 2. The number of carbonyl (C=O) groups excluding carboxylic acids is 1. The number of methoxy groups -OCH3 is 2. The number of hydrogen-bond acceptors (Lipinski definition) is 16. The third-order valence-corrected chi connectivity index (χ3v) is 10.1. The summed E-state index contributed by atoms with van der Waals surface area (Å²) in [6.07, 6.45) is 2.34. The van der Waals surface area contributed by atoms with Gasteiger partial charge >= 0.3 is 7.75 Å². The van der Waals surface area contributed by atoms with Gasteiger partial charge in [-0.15, -0.1) is 0 Å². The Bertz CT molecular complexity index is 2040. The minimum Gasteiger partial charge on any atom is -0.382 e. The summed E-state index contributed by atoms with van der Waals surface area (Å²) in [7, 11) is -1.39. The van der Waals surface area contributed by atoms with Gasteiger partial charge in [0.2, 0.25) is 0 Å². The Balaban J connectivity index is 1.13. The van der Waals surface area contributed by atoms with Gasteiger partial charge in [0.1, 0.15) is 54.5 Å². The number of nitrogens with zero attached hydrogens (tertiary/aromatic N) is 8. The molecular formula is C30H36N11O8P. The molecule has 5 aromatic rings. The van der Waals surface area contributed by atoms with Crippen LogP contribution < -0.4 is 16.6 Å². The Hall–Kier alpha value is -4.62. The Labute approximate surface area is 285 Å². The third kappa shape index (κ3) is 6.63. The first-order valence-corrected chi connectivity index (χ1v) is 17.2. The van der Waals surface area contributed by atoms with Crippen LogP contribution in [0.2, 0.25) is 0 Å². The van der Waals surface area contributed by atoms with Gasteiger partial charge in [0.25, 0.3) is 5.91 Å². The summed E-state index contributed by atoms with van der Waals surface area (Å²) in [5, 5.41) is 2.51. The largest absolute Gasteiger partial charge is 0.435 e. The van der Waals surface area contributed by atoms with E-state index in [4.69, 9.17) is 39.5 Å².